The maximum Gasteiger partial charge on any atom is 0.135 e. The lowest BCUT2D eigenvalue weighted by Gasteiger charge is -2.23. The SMILES string of the molecule is [2H]c1c(-c2ccccc2)c([2H])c(-c2ccc3c4c(cccc24)-c2ccc(-c4ccccc4)cc2O3)c([2H])c1-c1cccc(-c2c3c(c(-c4ccccc4)c4ccccc24)-c2cccc4cccc-3c24)c1. The van der Waals surface area contributed by atoms with Gasteiger partial charge in [0.2, 0.25) is 0 Å². The van der Waals surface area contributed by atoms with E-state index in [4.69, 9.17) is 4.74 Å². The summed E-state index contributed by atoms with van der Waals surface area (Å²) in [7, 11) is 0. The van der Waals surface area contributed by atoms with E-state index in [-0.39, 0.29) is 18.1 Å². The van der Waals surface area contributed by atoms with Crippen LogP contribution < -0.4 is 4.74 Å². The van der Waals surface area contributed by atoms with Crippen LogP contribution in [0, 0.1) is 0 Å². The number of fused-ring (bicyclic) bond motifs is 6. The van der Waals surface area contributed by atoms with Crippen LogP contribution in [0.5, 0.6) is 11.5 Å². The van der Waals surface area contributed by atoms with Gasteiger partial charge in [0.25, 0.3) is 0 Å². The van der Waals surface area contributed by atoms with Gasteiger partial charge in [0.05, 0.1) is 4.11 Å². The number of ether oxygens (including phenoxy) is 1. The predicted molar refractivity (Wildman–Crippen MR) is 282 cm³/mol. The lowest BCUT2D eigenvalue weighted by atomic mass is 9.82. The second kappa shape index (κ2) is 14.9. The minimum Gasteiger partial charge on any atom is -0.456 e. The van der Waals surface area contributed by atoms with E-state index in [0.717, 1.165) is 77.7 Å². The van der Waals surface area contributed by atoms with Crippen molar-refractivity contribution in [1.82, 2.24) is 0 Å². The first-order valence-corrected chi connectivity index (χ1v) is 22.9. The van der Waals surface area contributed by atoms with Gasteiger partial charge in [0, 0.05) is 10.9 Å². The van der Waals surface area contributed by atoms with Crippen molar-refractivity contribution in [2.45, 2.75) is 0 Å². The largest absolute Gasteiger partial charge is 0.456 e. The van der Waals surface area contributed by atoms with E-state index in [1.807, 2.05) is 66.7 Å². The Bertz CT molecular complexity index is 4160. The summed E-state index contributed by atoms with van der Waals surface area (Å²) < 4.78 is 37.1. The Morgan fingerprint density at radius 1 is 0.254 bits per heavy atom. The number of hydrogen-bond acceptors (Lipinski definition) is 1. The molecule has 0 spiro atoms. The third-order valence-corrected chi connectivity index (χ3v) is 13.8. The zero-order valence-electron chi connectivity index (χ0n) is 39.3. The molecule has 0 unspecified atom stereocenters. The van der Waals surface area contributed by atoms with Gasteiger partial charge in [-0.2, -0.15) is 0 Å². The van der Waals surface area contributed by atoms with Gasteiger partial charge >= 0.3 is 0 Å². The van der Waals surface area contributed by atoms with Crippen molar-refractivity contribution in [2.75, 3.05) is 0 Å². The van der Waals surface area contributed by atoms with Crippen LogP contribution in [0.4, 0.5) is 0 Å². The first kappa shape index (κ1) is 34.6. The Morgan fingerprint density at radius 3 is 1.45 bits per heavy atom. The Morgan fingerprint density at radius 2 is 0.746 bits per heavy atom. The highest BCUT2D eigenvalue weighted by atomic mass is 16.5. The molecule has 0 fully saturated rings. The summed E-state index contributed by atoms with van der Waals surface area (Å²) in [6.45, 7) is 0. The molecule has 14 rings (SSSR count). The van der Waals surface area contributed by atoms with Crippen LogP contribution in [0.25, 0.3) is 132 Å². The molecule has 310 valence electrons. The molecule has 67 heavy (non-hydrogen) atoms. The van der Waals surface area contributed by atoms with E-state index in [1.165, 1.54) is 49.5 Å². The van der Waals surface area contributed by atoms with Crippen LogP contribution in [0.3, 0.4) is 0 Å². The minimum absolute atomic E-state index is 0.142. The van der Waals surface area contributed by atoms with Gasteiger partial charge in [-0.25, -0.2) is 0 Å². The second-order valence-electron chi connectivity index (χ2n) is 17.6. The molecule has 1 aliphatic heterocycles. The Balaban J connectivity index is 1.01. The fourth-order valence-electron chi connectivity index (χ4n) is 10.9. The molecule has 0 saturated heterocycles. The van der Waals surface area contributed by atoms with Crippen LogP contribution >= 0.6 is 0 Å². The van der Waals surface area contributed by atoms with Crippen LogP contribution in [0.15, 0.2) is 243 Å². The maximum absolute atomic E-state index is 10.3. The number of hydrogen-bond donors (Lipinski definition) is 0. The van der Waals surface area contributed by atoms with Crippen molar-refractivity contribution < 1.29 is 8.85 Å². The summed E-state index contributed by atoms with van der Waals surface area (Å²) in [5, 5.41) is 6.58. The van der Waals surface area contributed by atoms with Gasteiger partial charge in [-0.05, 0) is 164 Å². The smallest absolute Gasteiger partial charge is 0.135 e. The molecule has 2 aliphatic rings. The van der Waals surface area contributed by atoms with Crippen molar-refractivity contribution in [3.63, 3.8) is 0 Å². The molecule has 1 heterocycles. The van der Waals surface area contributed by atoms with E-state index >= 15 is 0 Å². The molecule has 0 N–H and O–H groups in total. The van der Waals surface area contributed by atoms with E-state index in [2.05, 4.69) is 158 Å². The molecule has 0 atom stereocenters. The monoisotopic (exact) mass is 851 g/mol. The predicted octanol–water partition coefficient (Wildman–Crippen LogP) is 18.6. The second-order valence-corrected chi connectivity index (χ2v) is 17.6. The summed E-state index contributed by atoms with van der Waals surface area (Å²) in [6.07, 6.45) is 0. The van der Waals surface area contributed by atoms with Gasteiger partial charge in [-0.3, -0.25) is 0 Å². The third kappa shape index (κ3) is 5.88. The minimum atomic E-state index is 0.142. The summed E-state index contributed by atoms with van der Waals surface area (Å²) in [5.74, 6) is 1.52. The Labute approximate surface area is 393 Å². The molecule has 1 aliphatic carbocycles. The van der Waals surface area contributed by atoms with Crippen LogP contribution in [0.2, 0.25) is 0 Å². The van der Waals surface area contributed by atoms with E-state index in [9.17, 15) is 4.11 Å². The highest BCUT2D eigenvalue weighted by Crippen LogP contribution is 2.58. The van der Waals surface area contributed by atoms with Crippen molar-refractivity contribution in [3.05, 3.63) is 243 Å². The van der Waals surface area contributed by atoms with Crippen molar-refractivity contribution in [1.29, 1.82) is 0 Å². The average molecular weight is 852 g/mol. The molecule has 0 aromatic heterocycles. The summed E-state index contributed by atoms with van der Waals surface area (Å²) in [6, 6.07) is 78.4. The van der Waals surface area contributed by atoms with Gasteiger partial charge in [0.1, 0.15) is 11.5 Å². The fraction of sp³-hybridized carbons (Fsp3) is 0. The molecule has 12 aromatic carbocycles. The molecule has 0 bridgehead atoms. The van der Waals surface area contributed by atoms with Crippen molar-refractivity contribution in [2.24, 2.45) is 0 Å². The van der Waals surface area contributed by atoms with Crippen LogP contribution in [-0.2, 0) is 0 Å². The van der Waals surface area contributed by atoms with Crippen LogP contribution in [-0.4, -0.2) is 0 Å². The Kier molecular flexibility index (Phi) is 7.69. The third-order valence-electron chi connectivity index (χ3n) is 13.8. The first-order valence-electron chi connectivity index (χ1n) is 24.4. The molecule has 0 radical (unpaired) electrons. The average Bonchev–Trinajstić information content (AvgIpc) is 3.74. The highest BCUT2D eigenvalue weighted by molar-refractivity contribution is 6.27. The zero-order chi connectivity index (χ0) is 46.6. The molecule has 12 aromatic rings. The molecular formula is C66H40O. The molecule has 0 saturated carbocycles. The fourth-order valence-corrected chi connectivity index (χ4v) is 10.9. The highest BCUT2D eigenvalue weighted by Gasteiger charge is 2.31. The standard InChI is InChI=1S/C66H40O/c1-4-16-41(17-5-1)46-32-33-52-54-29-15-28-53-51(34-35-59(64(53)54)67-60(52)40-46)50-38-48(42-18-6-2-7-19-42)37-49(39-50)45-24-12-25-47(36-45)63-56-27-11-10-26-55(56)62(44-20-8-3-9-21-44)65-57-30-13-22-43-23-14-31-58(61(43)57)66(63)65/h1-40H/i37D,38D,39D. The van der Waals surface area contributed by atoms with Gasteiger partial charge in [0.15, 0.2) is 0 Å². The molecule has 0 amide bonds. The normalized spacial score (nSPS) is 12.6. The van der Waals surface area contributed by atoms with Crippen molar-refractivity contribution in [3.8, 4) is 112 Å². The number of rotatable bonds is 6. The summed E-state index contributed by atoms with van der Waals surface area (Å²) >= 11 is 0. The topological polar surface area (TPSA) is 9.23 Å². The summed E-state index contributed by atoms with van der Waals surface area (Å²) in [5.41, 5.74) is 17.3. The zero-order valence-corrected chi connectivity index (χ0v) is 36.3. The maximum atomic E-state index is 10.3. The lowest BCUT2D eigenvalue weighted by molar-refractivity contribution is 0.487. The van der Waals surface area contributed by atoms with Gasteiger partial charge in [-0.1, -0.05) is 200 Å². The summed E-state index contributed by atoms with van der Waals surface area (Å²) in [4.78, 5) is 0. The molecule has 1 nitrogen and oxygen atoms in total. The Hall–Kier alpha value is -8.78. The van der Waals surface area contributed by atoms with E-state index in [1.54, 1.807) is 0 Å². The lowest BCUT2D eigenvalue weighted by Crippen LogP contribution is -1.98. The molecular weight excluding hydrogens is 809 g/mol. The van der Waals surface area contributed by atoms with Gasteiger partial charge in [-0.15, -0.1) is 0 Å². The van der Waals surface area contributed by atoms with Crippen molar-refractivity contribution >= 4 is 32.3 Å². The molecule has 1 heteroatoms. The number of benzene rings is 12. The van der Waals surface area contributed by atoms with Gasteiger partial charge < -0.3 is 4.74 Å². The van der Waals surface area contributed by atoms with Crippen LogP contribution in [0.1, 0.15) is 4.11 Å². The first-order chi connectivity index (χ1) is 34.5. The van der Waals surface area contributed by atoms with E-state index < -0.39 is 0 Å². The quantitative estimate of drug-likeness (QED) is 0.162. The van der Waals surface area contributed by atoms with E-state index in [0.29, 0.717) is 16.7 Å².